The van der Waals surface area contributed by atoms with E-state index in [1.54, 1.807) is 15.6 Å². The molecule has 1 fully saturated rings. The highest BCUT2D eigenvalue weighted by molar-refractivity contribution is 9.10. The second kappa shape index (κ2) is 11.4. The summed E-state index contributed by atoms with van der Waals surface area (Å²) in [6.07, 6.45) is 1.43. The molecule has 0 aliphatic carbocycles. The lowest BCUT2D eigenvalue weighted by molar-refractivity contribution is -0.117. The summed E-state index contributed by atoms with van der Waals surface area (Å²) >= 11 is 3.18. The number of nitrogen functional groups attached to an aromatic ring is 1. The van der Waals surface area contributed by atoms with E-state index in [9.17, 15) is 4.79 Å². The second-order valence-electron chi connectivity index (χ2n) is 8.46. The maximum Gasteiger partial charge on any atom is 0.228 e. The van der Waals surface area contributed by atoms with Gasteiger partial charge in [0.15, 0.2) is 11.2 Å². The molecular formula is C26H24BrN9O2. The number of aliphatic hydroxyl groups excluding tert-OH is 1. The Bertz CT molecular complexity index is 1580. The first kappa shape index (κ1) is 25.4. The topological polar surface area (TPSA) is 149 Å². The van der Waals surface area contributed by atoms with Crippen molar-refractivity contribution in [1.82, 2.24) is 34.9 Å². The predicted molar refractivity (Wildman–Crippen MR) is 146 cm³/mol. The van der Waals surface area contributed by atoms with Crippen LogP contribution in [0.3, 0.4) is 0 Å². The van der Waals surface area contributed by atoms with Crippen molar-refractivity contribution in [3.8, 4) is 11.3 Å². The normalized spacial score (nSPS) is 13.0. The molecule has 5 heterocycles. The van der Waals surface area contributed by atoms with E-state index >= 15 is 0 Å². The molecular weight excluding hydrogens is 550 g/mol. The average Bonchev–Trinajstić information content (AvgIpc) is 3.55. The summed E-state index contributed by atoms with van der Waals surface area (Å²) < 4.78 is 2.41. The van der Waals surface area contributed by atoms with Gasteiger partial charge >= 0.3 is 0 Å². The second-order valence-corrected chi connectivity index (χ2v) is 9.27. The fourth-order valence-corrected chi connectivity index (χ4v) is 4.44. The van der Waals surface area contributed by atoms with Gasteiger partial charge in [-0.05, 0) is 46.6 Å². The molecule has 0 spiro atoms. The molecule has 4 aromatic heterocycles. The quantitative estimate of drug-likeness (QED) is 0.301. The van der Waals surface area contributed by atoms with Crippen molar-refractivity contribution in [2.45, 2.75) is 26.0 Å². The van der Waals surface area contributed by atoms with Crippen molar-refractivity contribution in [3.63, 3.8) is 0 Å². The largest absolute Gasteiger partial charge is 0.390 e. The van der Waals surface area contributed by atoms with Gasteiger partial charge < -0.3 is 10.8 Å². The van der Waals surface area contributed by atoms with Crippen LogP contribution in [0.4, 0.5) is 11.8 Å². The van der Waals surface area contributed by atoms with Crippen LogP contribution in [-0.2, 0) is 17.9 Å². The van der Waals surface area contributed by atoms with Crippen molar-refractivity contribution >= 4 is 44.8 Å². The Kier molecular flexibility index (Phi) is 7.61. The van der Waals surface area contributed by atoms with E-state index in [-0.39, 0.29) is 18.5 Å². The minimum Gasteiger partial charge on any atom is -0.390 e. The summed E-state index contributed by atoms with van der Waals surface area (Å²) in [5.41, 5.74) is 10.1. The third-order valence-corrected chi connectivity index (χ3v) is 6.26. The van der Waals surface area contributed by atoms with Gasteiger partial charge in [-0.1, -0.05) is 47.7 Å². The van der Waals surface area contributed by atoms with Crippen LogP contribution in [0.25, 0.3) is 22.4 Å². The van der Waals surface area contributed by atoms with Crippen LogP contribution in [0, 0.1) is 0 Å². The molecule has 6 rings (SSSR count). The van der Waals surface area contributed by atoms with Crippen molar-refractivity contribution in [2.24, 2.45) is 0 Å². The van der Waals surface area contributed by atoms with Crippen molar-refractivity contribution in [1.29, 1.82) is 0 Å². The lowest BCUT2D eigenvalue weighted by Crippen LogP contribution is -2.25. The number of carbonyl (C=O) groups excluding carboxylic acids is 1. The van der Waals surface area contributed by atoms with Gasteiger partial charge in [-0.3, -0.25) is 9.69 Å². The number of hydrogen-bond acceptors (Lipinski definition) is 9. The summed E-state index contributed by atoms with van der Waals surface area (Å²) in [6, 6.07) is 20.7. The maximum absolute atomic E-state index is 12.0. The molecule has 38 heavy (non-hydrogen) atoms. The van der Waals surface area contributed by atoms with Crippen molar-refractivity contribution < 1.29 is 9.90 Å². The number of aromatic nitrogens is 7. The highest BCUT2D eigenvalue weighted by Crippen LogP contribution is 2.25. The van der Waals surface area contributed by atoms with E-state index in [1.165, 1.54) is 0 Å². The zero-order valence-corrected chi connectivity index (χ0v) is 21.9. The minimum absolute atomic E-state index is 0.000556. The number of anilines is 2. The number of fused-ring (bicyclic) bond motifs is 1. The fourth-order valence-electron chi connectivity index (χ4n) is 4.06. The van der Waals surface area contributed by atoms with Crippen LogP contribution >= 0.6 is 15.9 Å². The molecule has 1 aromatic carbocycles. The Hall–Kier alpha value is -4.29. The van der Waals surface area contributed by atoms with Crippen LogP contribution in [0.5, 0.6) is 0 Å². The average molecular weight is 574 g/mol. The molecule has 0 unspecified atom stereocenters. The summed E-state index contributed by atoms with van der Waals surface area (Å²) in [6.45, 7) is 1.06. The number of benzene rings is 1. The van der Waals surface area contributed by atoms with Gasteiger partial charge in [-0.25, -0.2) is 19.6 Å². The number of hydrogen-bond donors (Lipinski definition) is 2. The summed E-state index contributed by atoms with van der Waals surface area (Å²) in [4.78, 5) is 31.0. The molecule has 0 radical (unpaired) electrons. The third-order valence-electron chi connectivity index (χ3n) is 5.82. The number of carbonyl (C=O) groups is 1. The molecule has 1 amide bonds. The summed E-state index contributed by atoms with van der Waals surface area (Å²) in [5.74, 6) is 0.923. The Labute approximate surface area is 226 Å². The molecule has 192 valence electrons. The molecule has 5 aromatic rings. The Morgan fingerprint density at radius 1 is 0.921 bits per heavy atom. The van der Waals surface area contributed by atoms with Gasteiger partial charge in [0.25, 0.3) is 0 Å². The Morgan fingerprint density at radius 3 is 2.42 bits per heavy atom. The molecule has 0 atom stereocenters. The number of pyridine rings is 2. The molecule has 1 saturated heterocycles. The molecule has 3 N–H and O–H groups in total. The van der Waals surface area contributed by atoms with Crippen molar-refractivity contribution in [2.75, 3.05) is 17.2 Å². The van der Waals surface area contributed by atoms with E-state index in [4.69, 9.17) is 10.8 Å². The number of aliphatic hydroxyl groups is 1. The molecule has 0 bridgehead atoms. The van der Waals surface area contributed by atoms with E-state index < -0.39 is 0 Å². The number of nitrogens with two attached hydrogens (primary N) is 1. The monoisotopic (exact) mass is 573 g/mol. The Morgan fingerprint density at radius 2 is 1.71 bits per heavy atom. The van der Waals surface area contributed by atoms with Crippen LogP contribution in [-0.4, -0.2) is 52.5 Å². The summed E-state index contributed by atoms with van der Waals surface area (Å²) in [5, 5.41) is 17.1. The fraction of sp³-hybridized carbons (Fsp3) is 0.192. The maximum atomic E-state index is 12.0. The number of amides is 1. The minimum atomic E-state index is -0.000556. The van der Waals surface area contributed by atoms with Gasteiger partial charge in [0.05, 0.1) is 24.5 Å². The molecule has 0 saturated carbocycles. The van der Waals surface area contributed by atoms with Gasteiger partial charge in [0.2, 0.25) is 11.9 Å². The molecule has 1 aliphatic rings. The lowest BCUT2D eigenvalue weighted by atomic mass is 10.1. The van der Waals surface area contributed by atoms with E-state index in [2.05, 4.69) is 46.2 Å². The lowest BCUT2D eigenvalue weighted by Gasteiger charge is -2.15. The number of rotatable bonds is 5. The van der Waals surface area contributed by atoms with Crippen LogP contribution < -0.4 is 10.6 Å². The highest BCUT2D eigenvalue weighted by atomic mass is 79.9. The standard InChI is InChI=1S/C20H18N8O.C6H6BrNO/c21-20-23-17(13-6-2-1-3-7-13)18-19(24-20)28(26-25-18)12-14-8-4-9-15(22-14)27-11-5-10-16(27)29;7-6-3-1-2-5(4-9)8-6/h1-4,6-9H,5,10-12H2,(H2,21,23,24);1-3,9H,4H2. The summed E-state index contributed by atoms with van der Waals surface area (Å²) in [7, 11) is 0. The Balaban J connectivity index is 0.000000278. The molecule has 1 aliphatic heterocycles. The third kappa shape index (κ3) is 5.66. The van der Waals surface area contributed by atoms with Crippen LogP contribution in [0.2, 0.25) is 0 Å². The predicted octanol–water partition coefficient (Wildman–Crippen LogP) is 3.38. The van der Waals surface area contributed by atoms with Gasteiger partial charge in [0.1, 0.15) is 16.1 Å². The molecule has 12 heteroatoms. The zero-order chi connectivity index (χ0) is 26.5. The first-order valence-electron chi connectivity index (χ1n) is 11.9. The first-order chi connectivity index (χ1) is 18.5. The van der Waals surface area contributed by atoms with Crippen molar-refractivity contribution in [3.05, 3.63) is 82.7 Å². The molecule has 11 nitrogen and oxygen atoms in total. The number of nitrogens with zero attached hydrogens (tertiary/aromatic N) is 8. The van der Waals surface area contributed by atoms with Gasteiger partial charge in [-0.15, -0.1) is 5.10 Å². The number of halogens is 1. The zero-order valence-electron chi connectivity index (χ0n) is 20.3. The first-order valence-corrected chi connectivity index (χ1v) is 12.7. The SMILES string of the molecule is Nc1nc(-c2ccccc2)c2nnn(Cc3cccc(N4CCCC4=O)n3)c2n1.OCc1cccc(Br)n1. The highest BCUT2D eigenvalue weighted by Gasteiger charge is 2.23. The van der Waals surface area contributed by atoms with Gasteiger partial charge in [-0.2, -0.15) is 4.98 Å². The van der Waals surface area contributed by atoms with E-state index in [0.29, 0.717) is 47.9 Å². The van der Waals surface area contributed by atoms with Gasteiger partial charge in [0, 0.05) is 18.5 Å². The van der Waals surface area contributed by atoms with Crippen LogP contribution in [0.1, 0.15) is 24.2 Å². The van der Waals surface area contributed by atoms with E-state index in [1.807, 2.05) is 60.7 Å². The van der Waals surface area contributed by atoms with E-state index in [0.717, 1.165) is 22.3 Å². The van der Waals surface area contributed by atoms with Crippen LogP contribution in [0.15, 0.2) is 71.3 Å². The smallest absolute Gasteiger partial charge is 0.228 e.